The lowest BCUT2D eigenvalue weighted by Crippen LogP contribution is -2.45. The van der Waals surface area contributed by atoms with Crippen LogP contribution >= 0.6 is 15.9 Å². The van der Waals surface area contributed by atoms with Crippen LogP contribution in [0.3, 0.4) is 0 Å². The minimum Gasteiger partial charge on any atom is -0.396 e. The van der Waals surface area contributed by atoms with E-state index in [0.29, 0.717) is 23.1 Å². The van der Waals surface area contributed by atoms with Crippen LogP contribution in [0.1, 0.15) is 23.7 Å². The number of aliphatic hydroxyl groups is 1. The first kappa shape index (κ1) is 14.3. The highest BCUT2D eigenvalue weighted by molar-refractivity contribution is 9.10. The van der Waals surface area contributed by atoms with Crippen molar-refractivity contribution in [2.75, 3.05) is 18.8 Å². The van der Waals surface area contributed by atoms with Gasteiger partial charge in [0, 0.05) is 17.6 Å². The van der Waals surface area contributed by atoms with Gasteiger partial charge in [0.05, 0.1) is 17.4 Å². The van der Waals surface area contributed by atoms with Crippen molar-refractivity contribution >= 4 is 27.5 Å². The topological polar surface area (TPSA) is 66.6 Å². The Morgan fingerprint density at radius 1 is 1.58 bits per heavy atom. The van der Waals surface area contributed by atoms with Crippen molar-refractivity contribution in [2.45, 2.75) is 19.4 Å². The van der Waals surface area contributed by atoms with Crippen LogP contribution in [0, 0.1) is 11.7 Å². The molecular weight excluding hydrogens is 315 g/mol. The molecule has 0 aliphatic carbocycles. The number of hydrogen-bond acceptors (Lipinski definition) is 3. The number of carbonyl (C=O) groups is 1. The number of anilines is 1. The summed E-state index contributed by atoms with van der Waals surface area (Å²) >= 11 is 3.17. The highest BCUT2D eigenvalue weighted by Crippen LogP contribution is 2.26. The Kier molecular flexibility index (Phi) is 4.10. The maximum atomic E-state index is 13.3. The van der Waals surface area contributed by atoms with Gasteiger partial charge in [0.1, 0.15) is 5.82 Å². The molecule has 1 amide bonds. The molecule has 0 bridgehead atoms. The van der Waals surface area contributed by atoms with Gasteiger partial charge in [-0.2, -0.15) is 0 Å². The molecule has 104 valence electrons. The number of piperidine rings is 1. The molecule has 1 aromatic rings. The van der Waals surface area contributed by atoms with Gasteiger partial charge in [-0.1, -0.05) is 6.92 Å². The number of nitrogens with zero attached hydrogens (tertiary/aromatic N) is 1. The standard InChI is InChI=1S/C13H16BrFN2O2/c1-7-2-3-17(6-12(7)18)13(19)8-4-11(16)10(15)5-9(8)14/h4-5,7,12,18H,2-3,6,16H2,1H3. The van der Waals surface area contributed by atoms with Crippen LogP contribution in [0.25, 0.3) is 0 Å². The zero-order valence-electron chi connectivity index (χ0n) is 10.6. The molecule has 1 aliphatic rings. The second kappa shape index (κ2) is 5.46. The summed E-state index contributed by atoms with van der Waals surface area (Å²) in [6.07, 6.45) is 0.232. The molecule has 4 nitrogen and oxygen atoms in total. The molecule has 1 aliphatic heterocycles. The normalized spacial score (nSPS) is 23.5. The van der Waals surface area contributed by atoms with E-state index in [0.717, 1.165) is 6.42 Å². The quantitative estimate of drug-likeness (QED) is 0.774. The summed E-state index contributed by atoms with van der Waals surface area (Å²) < 4.78 is 13.6. The second-order valence-corrected chi connectivity index (χ2v) is 5.79. The predicted octanol–water partition coefficient (Wildman–Crippen LogP) is 2.01. The van der Waals surface area contributed by atoms with Crippen molar-refractivity contribution in [3.05, 3.63) is 28.0 Å². The van der Waals surface area contributed by atoms with E-state index in [2.05, 4.69) is 15.9 Å². The van der Waals surface area contributed by atoms with Crippen molar-refractivity contribution in [1.82, 2.24) is 4.90 Å². The first-order chi connectivity index (χ1) is 8.90. The number of hydrogen-bond donors (Lipinski definition) is 2. The van der Waals surface area contributed by atoms with E-state index in [-0.39, 0.29) is 17.5 Å². The van der Waals surface area contributed by atoms with Crippen LogP contribution in [0.15, 0.2) is 16.6 Å². The summed E-state index contributed by atoms with van der Waals surface area (Å²) in [5.41, 5.74) is 5.75. The summed E-state index contributed by atoms with van der Waals surface area (Å²) in [5.74, 6) is -0.619. The van der Waals surface area contributed by atoms with Gasteiger partial charge in [0.2, 0.25) is 0 Å². The van der Waals surface area contributed by atoms with Crippen LogP contribution in [0.4, 0.5) is 10.1 Å². The SMILES string of the molecule is CC1CCN(C(=O)c2cc(N)c(F)cc2Br)CC1O. The number of amides is 1. The average molecular weight is 331 g/mol. The lowest BCUT2D eigenvalue weighted by atomic mass is 9.95. The van der Waals surface area contributed by atoms with Gasteiger partial charge in [-0.25, -0.2) is 4.39 Å². The molecule has 2 rings (SSSR count). The third kappa shape index (κ3) is 2.90. The van der Waals surface area contributed by atoms with Crippen molar-refractivity contribution in [3.8, 4) is 0 Å². The van der Waals surface area contributed by atoms with Gasteiger partial charge in [0.25, 0.3) is 5.91 Å². The van der Waals surface area contributed by atoms with E-state index < -0.39 is 11.9 Å². The third-order valence-electron chi connectivity index (χ3n) is 3.52. The van der Waals surface area contributed by atoms with E-state index >= 15 is 0 Å². The fourth-order valence-electron chi connectivity index (χ4n) is 2.13. The monoisotopic (exact) mass is 330 g/mol. The molecule has 2 unspecified atom stereocenters. The van der Waals surface area contributed by atoms with Gasteiger partial charge in [-0.15, -0.1) is 0 Å². The number of likely N-dealkylation sites (tertiary alicyclic amines) is 1. The molecule has 1 fully saturated rings. The summed E-state index contributed by atoms with van der Waals surface area (Å²) in [6.45, 7) is 2.84. The van der Waals surface area contributed by atoms with E-state index in [1.165, 1.54) is 12.1 Å². The lowest BCUT2D eigenvalue weighted by molar-refractivity contribution is 0.0248. The molecule has 1 aromatic carbocycles. The minimum atomic E-state index is -0.560. The fraction of sp³-hybridized carbons (Fsp3) is 0.462. The van der Waals surface area contributed by atoms with Crippen molar-refractivity contribution in [2.24, 2.45) is 5.92 Å². The number of nitrogen functional groups attached to an aromatic ring is 1. The molecule has 0 aromatic heterocycles. The van der Waals surface area contributed by atoms with E-state index in [1.807, 2.05) is 6.92 Å². The number of β-amino-alcohol motifs (C(OH)–C–C–N with tert-alkyl or cyclic N) is 1. The lowest BCUT2D eigenvalue weighted by Gasteiger charge is -2.34. The van der Waals surface area contributed by atoms with Crippen molar-refractivity contribution in [1.29, 1.82) is 0 Å². The average Bonchev–Trinajstić information content (AvgIpc) is 2.36. The maximum Gasteiger partial charge on any atom is 0.255 e. The van der Waals surface area contributed by atoms with E-state index in [1.54, 1.807) is 4.90 Å². The Bertz CT molecular complexity index is 510. The Morgan fingerprint density at radius 3 is 2.89 bits per heavy atom. The zero-order chi connectivity index (χ0) is 14.2. The van der Waals surface area contributed by atoms with Crippen molar-refractivity contribution < 1.29 is 14.3 Å². The molecule has 19 heavy (non-hydrogen) atoms. The molecule has 3 N–H and O–H groups in total. The summed E-state index contributed by atoms with van der Waals surface area (Å²) in [7, 11) is 0. The molecule has 6 heteroatoms. The Balaban J connectivity index is 2.23. The second-order valence-electron chi connectivity index (χ2n) is 4.94. The number of rotatable bonds is 1. The molecule has 0 spiro atoms. The van der Waals surface area contributed by atoms with Crippen LogP contribution in [-0.2, 0) is 0 Å². The molecular formula is C13H16BrFN2O2. The first-order valence-corrected chi connectivity index (χ1v) is 6.91. The summed E-state index contributed by atoms with van der Waals surface area (Å²) in [6, 6.07) is 2.51. The molecule has 2 atom stereocenters. The van der Waals surface area contributed by atoms with E-state index in [9.17, 15) is 14.3 Å². The van der Waals surface area contributed by atoms with Crippen LogP contribution < -0.4 is 5.73 Å². The maximum absolute atomic E-state index is 13.3. The minimum absolute atomic E-state index is 0.0579. The third-order valence-corrected chi connectivity index (χ3v) is 4.18. The van der Waals surface area contributed by atoms with Crippen molar-refractivity contribution in [3.63, 3.8) is 0 Å². The number of halogens is 2. The Morgan fingerprint density at radius 2 is 2.26 bits per heavy atom. The number of nitrogens with two attached hydrogens (primary N) is 1. The molecule has 0 saturated carbocycles. The van der Waals surface area contributed by atoms with Gasteiger partial charge < -0.3 is 15.7 Å². The molecule has 0 radical (unpaired) electrons. The summed E-state index contributed by atoms with van der Waals surface area (Å²) in [4.78, 5) is 13.9. The summed E-state index contributed by atoms with van der Waals surface area (Å²) in [5, 5.41) is 9.82. The van der Waals surface area contributed by atoms with Crippen LogP contribution in [0.2, 0.25) is 0 Å². The highest BCUT2D eigenvalue weighted by atomic mass is 79.9. The van der Waals surface area contributed by atoms with E-state index in [4.69, 9.17) is 5.73 Å². The highest BCUT2D eigenvalue weighted by Gasteiger charge is 2.29. The van der Waals surface area contributed by atoms with Gasteiger partial charge in [-0.3, -0.25) is 4.79 Å². The largest absolute Gasteiger partial charge is 0.396 e. The van der Waals surface area contributed by atoms with Gasteiger partial charge in [-0.05, 0) is 40.4 Å². The van der Waals surface area contributed by atoms with Crippen LogP contribution in [-0.4, -0.2) is 35.1 Å². The van der Waals surface area contributed by atoms with Gasteiger partial charge in [0.15, 0.2) is 0 Å². The fourth-order valence-corrected chi connectivity index (χ4v) is 2.62. The Hall–Kier alpha value is -1.14. The molecule has 1 saturated heterocycles. The first-order valence-electron chi connectivity index (χ1n) is 6.12. The number of aliphatic hydroxyl groups excluding tert-OH is 1. The van der Waals surface area contributed by atoms with Gasteiger partial charge >= 0.3 is 0 Å². The Labute approximate surface area is 119 Å². The molecule has 1 heterocycles. The number of carbonyl (C=O) groups excluding carboxylic acids is 1. The smallest absolute Gasteiger partial charge is 0.255 e. The van der Waals surface area contributed by atoms with Crippen LogP contribution in [0.5, 0.6) is 0 Å². The predicted molar refractivity (Wildman–Crippen MR) is 74.2 cm³/mol. The zero-order valence-corrected chi connectivity index (χ0v) is 12.2. The number of benzene rings is 1.